The minimum Gasteiger partial charge on any atom is -0.475 e. The summed E-state index contributed by atoms with van der Waals surface area (Å²) in [6, 6.07) is 3.45. The molecule has 1 heterocycles. The summed E-state index contributed by atoms with van der Waals surface area (Å²) in [5.74, 6) is -0.854. The molecule has 20 heavy (non-hydrogen) atoms. The van der Waals surface area contributed by atoms with Crippen molar-refractivity contribution in [2.75, 3.05) is 13.6 Å². The Morgan fingerprint density at radius 2 is 2.10 bits per heavy atom. The molecule has 0 unspecified atom stereocenters. The average molecular weight is 280 g/mol. The van der Waals surface area contributed by atoms with Crippen LogP contribution in [0.25, 0.3) is 0 Å². The lowest BCUT2D eigenvalue weighted by molar-refractivity contribution is -0.122. The number of aromatic carboxylic acids is 1. The van der Waals surface area contributed by atoms with Gasteiger partial charge in [-0.15, -0.1) is 0 Å². The number of nitrogens with one attached hydrogen (secondary N) is 1. The van der Waals surface area contributed by atoms with Crippen LogP contribution in [0.2, 0.25) is 0 Å². The molecule has 0 spiro atoms. The van der Waals surface area contributed by atoms with Gasteiger partial charge in [0.15, 0.2) is 0 Å². The van der Waals surface area contributed by atoms with Crippen LogP contribution in [0.3, 0.4) is 0 Å². The smallest absolute Gasteiger partial charge is 0.371 e. The second-order valence-electron chi connectivity index (χ2n) is 5.20. The number of nitrogens with zero attached hydrogens (tertiary/aromatic N) is 1. The Hall–Kier alpha value is -1.82. The van der Waals surface area contributed by atoms with E-state index in [1.54, 1.807) is 6.07 Å². The fraction of sp³-hybridized carbons (Fsp3) is 0.571. The molecule has 110 valence electrons. The topological polar surface area (TPSA) is 82.8 Å². The van der Waals surface area contributed by atoms with Crippen LogP contribution in [0.1, 0.15) is 42.0 Å². The molecule has 6 nitrogen and oxygen atoms in total. The van der Waals surface area contributed by atoms with Gasteiger partial charge >= 0.3 is 5.97 Å². The quantitative estimate of drug-likeness (QED) is 0.824. The first kappa shape index (κ1) is 14.6. The highest BCUT2D eigenvalue weighted by Crippen LogP contribution is 2.21. The summed E-state index contributed by atoms with van der Waals surface area (Å²) >= 11 is 0. The first-order valence-corrected chi connectivity index (χ1v) is 6.85. The third-order valence-corrected chi connectivity index (χ3v) is 3.67. The molecular formula is C14H20N2O4. The molecule has 2 rings (SSSR count). The van der Waals surface area contributed by atoms with Gasteiger partial charge in [-0.3, -0.25) is 9.69 Å². The summed E-state index contributed by atoms with van der Waals surface area (Å²) in [5, 5.41) is 11.5. The van der Waals surface area contributed by atoms with Gasteiger partial charge in [-0.25, -0.2) is 4.79 Å². The summed E-state index contributed by atoms with van der Waals surface area (Å²) in [6.45, 7) is 0.571. The summed E-state index contributed by atoms with van der Waals surface area (Å²) in [7, 11) is 1.96. The molecule has 1 amide bonds. The third-order valence-electron chi connectivity index (χ3n) is 3.67. The van der Waals surface area contributed by atoms with E-state index in [4.69, 9.17) is 9.52 Å². The van der Waals surface area contributed by atoms with Crippen LogP contribution in [-0.4, -0.2) is 41.5 Å². The summed E-state index contributed by atoms with van der Waals surface area (Å²) < 4.78 is 5.07. The Labute approximate surface area is 117 Å². The average Bonchev–Trinajstić information content (AvgIpc) is 3.07. The number of hydrogen-bond acceptors (Lipinski definition) is 4. The number of carboxylic acid groups (broad SMARTS) is 1. The fourth-order valence-corrected chi connectivity index (χ4v) is 2.53. The van der Waals surface area contributed by atoms with Crippen LogP contribution in [0.5, 0.6) is 0 Å². The monoisotopic (exact) mass is 280 g/mol. The molecule has 0 bridgehead atoms. The van der Waals surface area contributed by atoms with Crippen molar-refractivity contribution < 1.29 is 19.1 Å². The van der Waals surface area contributed by atoms with Gasteiger partial charge in [-0.1, -0.05) is 12.8 Å². The Morgan fingerprint density at radius 1 is 1.40 bits per heavy atom. The van der Waals surface area contributed by atoms with E-state index in [-0.39, 0.29) is 18.2 Å². The third kappa shape index (κ3) is 3.84. The second-order valence-corrected chi connectivity index (χ2v) is 5.20. The molecule has 6 heteroatoms. The maximum absolute atomic E-state index is 11.8. The SMILES string of the molecule is CN(CC(=O)NCc1ccc(C(=O)O)o1)C1CCCC1. The molecule has 0 saturated heterocycles. The number of amides is 1. The van der Waals surface area contributed by atoms with Gasteiger partial charge < -0.3 is 14.8 Å². The zero-order chi connectivity index (χ0) is 14.5. The lowest BCUT2D eigenvalue weighted by Gasteiger charge is -2.23. The van der Waals surface area contributed by atoms with Gasteiger partial charge in [0.1, 0.15) is 5.76 Å². The van der Waals surface area contributed by atoms with Crippen molar-refractivity contribution in [1.29, 1.82) is 0 Å². The second kappa shape index (κ2) is 6.56. The van der Waals surface area contributed by atoms with E-state index in [1.165, 1.54) is 18.9 Å². The molecule has 1 aromatic heterocycles. The molecule has 1 aliphatic rings. The summed E-state index contributed by atoms with van der Waals surface area (Å²) in [6.07, 6.45) is 4.79. The molecule has 2 N–H and O–H groups in total. The number of carbonyl (C=O) groups is 2. The maximum atomic E-state index is 11.8. The van der Waals surface area contributed by atoms with Crippen LogP contribution < -0.4 is 5.32 Å². The highest BCUT2D eigenvalue weighted by atomic mass is 16.4. The van der Waals surface area contributed by atoms with Gasteiger partial charge in [-0.05, 0) is 32.0 Å². The molecule has 1 fully saturated rings. The van der Waals surface area contributed by atoms with E-state index >= 15 is 0 Å². The first-order valence-electron chi connectivity index (χ1n) is 6.85. The number of rotatable bonds is 6. The Balaban J connectivity index is 1.75. The van der Waals surface area contributed by atoms with Gasteiger partial charge in [-0.2, -0.15) is 0 Å². The van der Waals surface area contributed by atoms with Crippen molar-refractivity contribution in [3.05, 3.63) is 23.7 Å². The zero-order valence-electron chi connectivity index (χ0n) is 11.6. The summed E-state index contributed by atoms with van der Waals surface area (Å²) in [4.78, 5) is 24.5. The number of furan rings is 1. The molecular weight excluding hydrogens is 260 g/mol. The van der Waals surface area contributed by atoms with Crippen molar-refractivity contribution >= 4 is 11.9 Å². The van der Waals surface area contributed by atoms with E-state index in [0.717, 1.165) is 12.8 Å². The molecule has 1 saturated carbocycles. The van der Waals surface area contributed by atoms with Crippen molar-refractivity contribution in [3.63, 3.8) is 0 Å². The van der Waals surface area contributed by atoms with E-state index < -0.39 is 5.97 Å². The molecule has 0 atom stereocenters. The number of carboxylic acids is 1. The van der Waals surface area contributed by atoms with Crippen LogP contribution in [-0.2, 0) is 11.3 Å². The van der Waals surface area contributed by atoms with Crippen molar-refractivity contribution in [2.45, 2.75) is 38.3 Å². The van der Waals surface area contributed by atoms with Gasteiger partial charge in [0, 0.05) is 6.04 Å². The predicted molar refractivity (Wildman–Crippen MR) is 72.4 cm³/mol. The maximum Gasteiger partial charge on any atom is 0.371 e. The molecule has 0 aromatic carbocycles. The molecule has 1 aliphatic carbocycles. The highest BCUT2D eigenvalue weighted by Gasteiger charge is 2.21. The molecule has 1 aromatic rings. The number of hydrogen-bond donors (Lipinski definition) is 2. The zero-order valence-corrected chi connectivity index (χ0v) is 11.6. The first-order chi connectivity index (χ1) is 9.56. The lowest BCUT2D eigenvalue weighted by Crippen LogP contribution is -2.39. The normalized spacial score (nSPS) is 15.7. The number of carbonyl (C=O) groups excluding carboxylic acids is 1. The fourth-order valence-electron chi connectivity index (χ4n) is 2.53. The Morgan fingerprint density at radius 3 is 2.70 bits per heavy atom. The Bertz CT molecular complexity index is 477. The Kier molecular flexibility index (Phi) is 4.79. The molecule has 0 aliphatic heterocycles. The van der Waals surface area contributed by atoms with Crippen molar-refractivity contribution in [2.24, 2.45) is 0 Å². The predicted octanol–water partition coefficient (Wildman–Crippen LogP) is 1.47. The van der Waals surface area contributed by atoms with E-state index in [0.29, 0.717) is 18.3 Å². The van der Waals surface area contributed by atoms with Crippen LogP contribution in [0.15, 0.2) is 16.5 Å². The standard InChI is InChI=1S/C14H20N2O4/c1-16(10-4-2-3-5-10)9-13(17)15-8-11-6-7-12(20-11)14(18)19/h6-7,10H,2-5,8-9H2,1H3,(H,15,17)(H,18,19). The van der Waals surface area contributed by atoms with Crippen LogP contribution in [0.4, 0.5) is 0 Å². The van der Waals surface area contributed by atoms with E-state index in [9.17, 15) is 9.59 Å². The summed E-state index contributed by atoms with van der Waals surface area (Å²) in [5.41, 5.74) is 0. The minimum atomic E-state index is -1.11. The largest absolute Gasteiger partial charge is 0.475 e. The minimum absolute atomic E-state index is 0.0762. The van der Waals surface area contributed by atoms with E-state index in [1.807, 2.05) is 7.05 Å². The van der Waals surface area contributed by atoms with E-state index in [2.05, 4.69) is 10.2 Å². The van der Waals surface area contributed by atoms with Crippen LogP contribution >= 0.6 is 0 Å². The van der Waals surface area contributed by atoms with Gasteiger partial charge in [0.25, 0.3) is 0 Å². The lowest BCUT2D eigenvalue weighted by atomic mass is 10.2. The highest BCUT2D eigenvalue weighted by molar-refractivity contribution is 5.84. The van der Waals surface area contributed by atoms with Gasteiger partial charge in [0.2, 0.25) is 11.7 Å². The van der Waals surface area contributed by atoms with Crippen molar-refractivity contribution in [1.82, 2.24) is 10.2 Å². The number of likely N-dealkylation sites (N-methyl/N-ethyl adjacent to an activating group) is 1. The van der Waals surface area contributed by atoms with Crippen molar-refractivity contribution in [3.8, 4) is 0 Å². The van der Waals surface area contributed by atoms with Crippen LogP contribution in [0, 0.1) is 0 Å². The molecule has 0 radical (unpaired) electrons. The van der Waals surface area contributed by atoms with Gasteiger partial charge in [0.05, 0.1) is 13.1 Å².